The molecule has 92 valence electrons. The van der Waals surface area contributed by atoms with Crippen molar-refractivity contribution in [3.63, 3.8) is 0 Å². The number of rotatable bonds is 8. The molecule has 0 aromatic carbocycles. The normalized spacial score (nSPS) is 14.6. The Morgan fingerprint density at radius 2 is 1.80 bits per heavy atom. The van der Waals surface area contributed by atoms with E-state index in [0.717, 1.165) is 32.6 Å². The Bertz CT molecular complexity index is 150. The van der Waals surface area contributed by atoms with E-state index in [2.05, 4.69) is 24.1 Å². The van der Waals surface area contributed by atoms with Crippen LogP contribution in [0.2, 0.25) is 0 Å². The fraction of sp³-hybridized carbons (Fsp3) is 1.00. The zero-order valence-electron chi connectivity index (χ0n) is 11.0. The lowest BCUT2D eigenvalue weighted by molar-refractivity contribution is 0.0441. The Hall–Kier alpha value is -0.120. The van der Waals surface area contributed by atoms with Crippen LogP contribution in [0.5, 0.6) is 0 Å². The molecule has 0 saturated heterocycles. The third kappa shape index (κ3) is 6.88. The van der Waals surface area contributed by atoms with E-state index in [9.17, 15) is 5.11 Å². The van der Waals surface area contributed by atoms with Crippen molar-refractivity contribution in [2.45, 2.75) is 52.7 Å². The summed E-state index contributed by atoms with van der Waals surface area (Å²) in [6, 6.07) is 0.147. The van der Waals surface area contributed by atoms with Gasteiger partial charge in [-0.05, 0) is 53.4 Å². The van der Waals surface area contributed by atoms with Gasteiger partial charge in [0.15, 0.2) is 0 Å². The third-order valence-electron chi connectivity index (χ3n) is 3.06. The molecule has 0 aliphatic rings. The van der Waals surface area contributed by atoms with Gasteiger partial charge in [0.2, 0.25) is 0 Å². The van der Waals surface area contributed by atoms with E-state index in [4.69, 9.17) is 0 Å². The predicted octanol–water partition coefficient (Wildman–Crippen LogP) is 1.47. The highest BCUT2D eigenvalue weighted by Crippen LogP contribution is 2.06. The summed E-state index contributed by atoms with van der Waals surface area (Å²) in [5, 5.41) is 13.1. The summed E-state index contributed by atoms with van der Waals surface area (Å²) in [5.74, 6) is 0. The maximum atomic E-state index is 9.71. The predicted molar refractivity (Wildman–Crippen MR) is 66.2 cm³/mol. The molecule has 3 nitrogen and oxygen atoms in total. The van der Waals surface area contributed by atoms with Crippen molar-refractivity contribution >= 4 is 0 Å². The van der Waals surface area contributed by atoms with Gasteiger partial charge in [-0.1, -0.05) is 13.8 Å². The van der Waals surface area contributed by atoms with Crippen LogP contribution in [0.4, 0.5) is 0 Å². The number of hydrogen-bond donors (Lipinski definition) is 2. The zero-order chi connectivity index (χ0) is 11.9. The van der Waals surface area contributed by atoms with Gasteiger partial charge in [0.25, 0.3) is 0 Å². The molecule has 15 heavy (non-hydrogen) atoms. The number of nitrogens with zero attached hydrogens (tertiary/aromatic N) is 1. The van der Waals surface area contributed by atoms with E-state index < -0.39 is 5.60 Å². The third-order valence-corrected chi connectivity index (χ3v) is 3.06. The largest absolute Gasteiger partial charge is 0.389 e. The maximum absolute atomic E-state index is 9.71. The molecular weight excluding hydrogens is 188 g/mol. The van der Waals surface area contributed by atoms with E-state index in [-0.39, 0.29) is 6.04 Å². The van der Waals surface area contributed by atoms with E-state index in [1.807, 2.05) is 20.8 Å². The van der Waals surface area contributed by atoms with Crippen LogP contribution in [-0.4, -0.2) is 47.8 Å². The van der Waals surface area contributed by atoms with Crippen molar-refractivity contribution in [2.75, 3.05) is 26.2 Å². The quantitative estimate of drug-likeness (QED) is 0.603. The van der Waals surface area contributed by atoms with Crippen LogP contribution >= 0.6 is 0 Å². The first-order valence-electron chi connectivity index (χ1n) is 6.09. The van der Waals surface area contributed by atoms with Crippen molar-refractivity contribution in [2.24, 2.45) is 0 Å². The molecule has 0 aromatic rings. The molecule has 0 fully saturated rings. The number of aliphatic hydroxyl groups is 1. The van der Waals surface area contributed by atoms with Crippen LogP contribution in [0.15, 0.2) is 0 Å². The van der Waals surface area contributed by atoms with Gasteiger partial charge < -0.3 is 15.3 Å². The minimum absolute atomic E-state index is 0.147. The van der Waals surface area contributed by atoms with E-state index >= 15 is 0 Å². The van der Waals surface area contributed by atoms with Gasteiger partial charge in [0, 0.05) is 6.04 Å². The molecule has 2 N–H and O–H groups in total. The van der Waals surface area contributed by atoms with Gasteiger partial charge in [0.05, 0.1) is 5.60 Å². The lowest BCUT2D eigenvalue weighted by Crippen LogP contribution is -2.45. The zero-order valence-corrected chi connectivity index (χ0v) is 11.0. The smallest absolute Gasteiger partial charge is 0.0741 e. The lowest BCUT2D eigenvalue weighted by atomic mass is 10.0. The van der Waals surface area contributed by atoms with Gasteiger partial charge in [-0.25, -0.2) is 0 Å². The second-order valence-electron chi connectivity index (χ2n) is 4.71. The summed E-state index contributed by atoms with van der Waals surface area (Å²) in [6.45, 7) is 14.4. The minimum Gasteiger partial charge on any atom is -0.389 e. The molecule has 0 bridgehead atoms. The summed E-state index contributed by atoms with van der Waals surface area (Å²) in [5.41, 5.74) is -0.630. The first-order chi connectivity index (χ1) is 6.91. The molecule has 1 atom stereocenters. The summed E-state index contributed by atoms with van der Waals surface area (Å²) in [7, 11) is 0. The standard InChI is InChI=1S/C12H28N2O/c1-6-14(7-2)10-8-9-13-11(3)12(4,5)15/h11,13,15H,6-10H2,1-5H3. The van der Waals surface area contributed by atoms with Crippen molar-refractivity contribution < 1.29 is 5.11 Å². The molecule has 0 amide bonds. The van der Waals surface area contributed by atoms with E-state index in [0.29, 0.717) is 0 Å². The Kier molecular flexibility index (Phi) is 7.14. The molecule has 0 aliphatic heterocycles. The Labute approximate surface area is 94.9 Å². The fourth-order valence-corrected chi connectivity index (χ4v) is 1.41. The van der Waals surface area contributed by atoms with E-state index in [1.165, 1.54) is 0 Å². The van der Waals surface area contributed by atoms with Crippen LogP contribution in [0.3, 0.4) is 0 Å². The lowest BCUT2D eigenvalue weighted by Gasteiger charge is -2.27. The van der Waals surface area contributed by atoms with Crippen molar-refractivity contribution in [3.8, 4) is 0 Å². The Morgan fingerprint density at radius 3 is 2.20 bits per heavy atom. The molecule has 0 rings (SSSR count). The Morgan fingerprint density at radius 1 is 1.27 bits per heavy atom. The van der Waals surface area contributed by atoms with Gasteiger partial charge in [-0.15, -0.1) is 0 Å². The van der Waals surface area contributed by atoms with Gasteiger partial charge in [-0.2, -0.15) is 0 Å². The monoisotopic (exact) mass is 216 g/mol. The van der Waals surface area contributed by atoms with E-state index in [1.54, 1.807) is 0 Å². The molecule has 0 heterocycles. The average molecular weight is 216 g/mol. The highest BCUT2D eigenvalue weighted by molar-refractivity contribution is 4.79. The summed E-state index contributed by atoms with van der Waals surface area (Å²) in [6.07, 6.45) is 1.14. The van der Waals surface area contributed by atoms with Gasteiger partial charge >= 0.3 is 0 Å². The highest BCUT2D eigenvalue weighted by Gasteiger charge is 2.20. The topological polar surface area (TPSA) is 35.5 Å². The second kappa shape index (κ2) is 7.20. The summed E-state index contributed by atoms with van der Waals surface area (Å²) in [4.78, 5) is 2.41. The maximum Gasteiger partial charge on any atom is 0.0741 e. The Balaban J connectivity index is 3.54. The van der Waals surface area contributed by atoms with Crippen molar-refractivity contribution in [1.82, 2.24) is 10.2 Å². The van der Waals surface area contributed by atoms with Crippen LogP contribution in [0.25, 0.3) is 0 Å². The molecule has 0 aromatic heterocycles. The van der Waals surface area contributed by atoms with Crippen LogP contribution in [-0.2, 0) is 0 Å². The number of nitrogens with one attached hydrogen (secondary N) is 1. The molecule has 1 unspecified atom stereocenters. The first kappa shape index (κ1) is 14.9. The second-order valence-corrected chi connectivity index (χ2v) is 4.71. The van der Waals surface area contributed by atoms with Gasteiger partial charge in [0.1, 0.15) is 0 Å². The average Bonchev–Trinajstić information content (AvgIpc) is 2.16. The molecule has 0 spiro atoms. The van der Waals surface area contributed by atoms with Crippen molar-refractivity contribution in [3.05, 3.63) is 0 Å². The van der Waals surface area contributed by atoms with Crippen molar-refractivity contribution in [1.29, 1.82) is 0 Å². The van der Waals surface area contributed by atoms with Gasteiger partial charge in [-0.3, -0.25) is 0 Å². The van der Waals surface area contributed by atoms with Crippen LogP contribution < -0.4 is 5.32 Å². The first-order valence-corrected chi connectivity index (χ1v) is 6.09. The molecule has 3 heteroatoms. The summed E-state index contributed by atoms with van der Waals surface area (Å²) >= 11 is 0. The molecule has 0 radical (unpaired) electrons. The van der Waals surface area contributed by atoms with Crippen LogP contribution in [0, 0.1) is 0 Å². The molecule has 0 saturated carbocycles. The highest BCUT2D eigenvalue weighted by atomic mass is 16.3. The van der Waals surface area contributed by atoms with Crippen LogP contribution in [0.1, 0.15) is 41.0 Å². The fourth-order valence-electron chi connectivity index (χ4n) is 1.41. The number of hydrogen-bond acceptors (Lipinski definition) is 3. The SMILES string of the molecule is CCN(CC)CCCNC(C)C(C)(C)O. The molecular formula is C12H28N2O. The minimum atomic E-state index is -0.630. The summed E-state index contributed by atoms with van der Waals surface area (Å²) < 4.78 is 0. The molecule has 0 aliphatic carbocycles.